The van der Waals surface area contributed by atoms with Crippen molar-refractivity contribution in [2.24, 2.45) is 0 Å². The minimum atomic E-state index is -1.09. The van der Waals surface area contributed by atoms with Crippen molar-refractivity contribution >= 4 is 57.8 Å². The van der Waals surface area contributed by atoms with E-state index in [2.05, 4.69) is 30.1 Å². The van der Waals surface area contributed by atoms with Crippen LogP contribution in [-0.4, -0.2) is 57.2 Å². The summed E-state index contributed by atoms with van der Waals surface area (Å²) in [5.74, 6) is 3.52. The molecule has 0 radical (unpaired) electrons. The molecule has 1 aliphatic heterocycles. The molecule has 0 amide bonds. The number of carbonyl (C=O) groups is 1. The molecule has 0 fully saturated rings. The maximum atomic E-state index is 12.6. The smallest absolute Gasteiger partial charge is 0.336 e. The average molecular weight is 677 g/mol. The molecule has 0 atom stereocenters. The van der Waals surface area contributed by atoms with Gasteiger partial charge < -0.3 is 19.9 Å². The number of nitrogens with zero attached hydrogens (tertiary/aromatic N) is 1. The number of anilines is 1. The molecule has 5 rings (SSSR count). The molecule has 7 nitrogen and oxygen atoms in total. The first-order chi connectivity index (χ1) is 22.3. The zero-order chi connectivity index (χ0) is 32.6. The Hall–Kier alpha value is -3.63. The van der Waals surface area contributed by atoms with Crippen LogP contribution in [0.3, 0.4) is 0 Å². The Labute approximate surface area is 282 Å². The van der Waals surface area contributed by atoms with E-state index in [0.29, 0.717) is 33.2 Å². The standard InChI is InChI=1S/C36H37ClN2O5S2/c1-3-45-17-15-39(16-18-46-4-2)22-23-9-5-8-12-30(23)38-21-28-31(40)14-13-26-34(24-10-6-7-11-25(24)36(42)43)27-19-29(37)32(41)20-33(27)44-35(26)28/h5-14,19-20,38,40H,3-4,15-18,21-22H2,1-2H3,(H,42,43). The molecule has 0 saturated heterocycles. The van der Waals surface area contributed by atoms with Crippen LogP contribution in [0.15, 0.2) is 82.0 Å². The molecule has 3 N–H and O–H groups in total. The second-order valence-corrected chi connectivity index (χ2v) is 13.9. The third-order valence-electron chi connectivity index (χ3n) is 7.83. The normalized spacial score (nSPS) is 11.5. The molecule has 10 heteroatoms. The number of carboxylic acid groups (broad SMARTS) is 1. The number of thioether (sulfide) groups is 2. The van der Waals surface area contributed by atoms with Gasteiger partial charge in [-0.1, -0.05) is 61.8 Å². The van der Waals surface area contributed by atoms with Crippen molar-refractivity contribution in [3.8, 4) is 28.2 Å². The molecule has 0 saturated carbocycles. The average Bonchev–Trinajstić information content (AvgIpc) is 3.05. The van der Waals surface area contributed by atoms with Crippen molar-refractivity contribution in [1.29, 1.82) is 0 Å². The van der Waals surface area contributed by atoms with Gasteiger partial charge in [-0.15, -0.1) is 0 Å². The molecule has 0 unspecified atom stereocenters. The van der Waals surface area contributed by atoms with Gasteiger partial charge in [0.05, 0.1) is 16.1 Å². The summed E-state index contributed by atoms with van der Waals surface area (Å²) in [5.41, 5.74) is 4.13. The monoisotopic (exact) mass is 676 g/mol. The number of hydrogen-bond acceptors (Lipinski definition) is 8. The minimum absolute atomic E-state index is 0.00370. The van der Waals surface area contributed by atoms with Crippen molar-refractivity contribution in [2.75, 3.05) is 41.4 Å². The van der Waals surface area contributed by atoms with Crippen LogP contribution < -0.4 is 10.7 Å². The number of halogens is 1. The summed E-state index contributed by atoms with van der Waals surface area (Å²) in [5, 5.41) is 25.3. The topological polar surface area (TPSA) is 103 Å². The van der Waals surface area contributed by atoms with Gasteiger partial charge in [-0.25, -0.2) is 4.79 Å². The fraction of sp³-hybridized carbons (Fsp3) is 0.278. The third-order valence-corrected chi connectivity index (χ3v) is 9.88. The molecular formula is C36H37ClN2O5S2. The van der Waals surface area contributed by atoms with Crippen LogP contribution in [0.4, 0.5) is 5.69 Å². The first kappa shape index (κ1) is 33.7. The minimum Gasteiger partial charge on any atom is -0.507 e. The lowest BCUT2D eigenvalue weighted by molar-refractivity contribution is 0.0697. The van der Waals surface area contributed by atoms with Crippen LogP contribution in [0.1, 0.15) is 35.3 Å². The predicted molar refractivity (Wildman–Crippen MR) is 193 cm³/mol. The highest BCUT2D eigenvalue weighted by Gasteiger charge is 2.24. The Balaban J connectivity index is 1.56. The zero-order valence-corrected chi connectivity index (χ0v) is 28.2. The Kier molecular flexibility index (Phi) is 11.6. The number of benzene rings is 4. The van der Waals surface area contributed by atoms with Crippen LogP contribution in [-0.2, 0) is 13.1 Å². The van der Waals surface area contributed by atoms with E-state index in [4.69, 9.17) is 16.0 Å². The maximum Gasteiger partial charge on any atom is 0.336 e. The molecule has 1 aliphatic carbocycles. The van der Waals surface area contributed by atoms with Gasteiger partial charge in [0.15, 0.2) is 0 Å². The molecule has 3 aromatic carbocycles. The Bertz CT molecular complexity index is 1850. The second-order valence-electron chi connectivity index (χ2n) is 10.7. The number of nitrogens with one attached hydrogen (secondary N) is 1. The number of para-hydroxylation sites is 1. The predicted octanol–water partition coefficient (Wildman–Crippen LogP) is 8.54. The summed E-state index contributed by atoms with van der Waals surface area (Å²) in [6.45, 7) is 7.38. The first-order valence-electron chi connectivity index (χ1n) is 15.3. The SMILES string of the molecule is CCSCCN(CCSCC)Cc1ccccc1NCc1c(O)ccc2c(-c3ccccc3C(=O)O)c3cc(Cl)c(=O)cc-3oc12. The first-order valence-corrected chi connectivity index (χ1v) is 17.9. The number of carboxylic acids is 1. The van der Waals surface area contributed by atoms with Crippen molar-refractivity contribution in [1.82, 2.24) is 4.90 Å². The van der Waals surface area contributed by atoms with Crippen molar-refractivity contribution < 1.29 is 19.4 Å². The third kappa shape index (κ3) is 7.66. The summed E-state index contributed by atoms with van der Waals surface area (Å²) in [6.07, 6.45) is 0. The summed E-state index contributed by atoms with van der Waals surface area (Å²) in [6, 6.07) is 21.0. The largest absolute Gasteiger partial charge is 0.507 e. The van der Waals surface area contributed by atoms with E-state index < -0.39 is 11.4 Å². The fourth-order valence-electron chi connectivity index (χ4n) is 5.55. The molecule has 0 spiro atoms. The van der Waals surface area contributed by atoms with Gasteiger partial charge in [-0.05, 0) is 53.0 Å². The highest BCUT2D eigenvalue weighted by molar-refractivity contribution is 7.99. The molecule has 240 valence electrons. The maximum absolute atomic E-state index is 12.6. The van der Waals surface area contributed by atoms with Crippen molar-refractivity contribution in [3.05, 3.63) is 105 Å². The highest BCUT2D eigenvalue weighted by atomic mass is 35.5. The van der Waals surface area contributed by atoms with Gasteiger partial charge in [0.2, 0.25) is 5.43 Å². The van der Waals surface area contributed by atoms with Gasteiger partial charge in [-0.2, -0.15) is 23.5 Å². The molecule has 2 aliphatic rings. The van der Waals surface area contributed by atoms with E-state index in [1.807, 2.05) is 41.7 Å². The van der Waals surface area contributed by atoms with Crippen LogP contribution in [0, 0.1) is 0 Å². The van der Waals surface area contributed by atoms with Gasteiger partial charge >= 0.3 is 5.97 Å². The highest BCUT2D eigenvalue weighted by Crippen LogP contribution is 2.44. The Morgan fingerprint density at radius 3 is 2.35 bits per heavy atom. The van der Waals surface area contributed by atoms with Crippen LogP contribution in [0.5, 0.6) is 5.75 Å². The lowest BCUT2D eigenvalue weighted by Gasteiger charge is -2.24. The number of phenols is 1. The molecule has 1 heterocycles. The summed E-state index contributed by atoms with van der Waals surface area (Å²) in [7, 11) is 0. The van der Waals surface area contributed by atoms with Crippen LogP contribution >= 0.6 is 35.1 Å². The van der Waals surface area contributed by atoms with Crippen LogP contribution in [0.2, 0.25) is 5.02 Å². The zero-order valence-electron chi connectivity index (χ0n) is 25.8. The Morgan fingerprint density at radius 2 is 1.63 bits per heavy atom. The number of aromatic hydroxyl groups is 1. The van der Waals surface area contributed by atoms with Gasteiger partial charge in [0.1, 0.15) is 17.1 Å². The Morgan fingerprint density at radius 1 is 0.935 bits per heavy atom. The van der Waals surface area contributed by atoms with Crippen molar-refractivity contribution in [2.45, 2.75) is 26.9 Å². The fourth-order valence-corrected chi connectivity index (χ4v) is 7.07. The van der Waals surface area contributed by atoms with E-state index in [1.165, 1.54) is 18.2 Å². The molecular weight excluding hydrogens is 640 g/mol. The summed E-state index contributed by atoms with van der Waals surface area (Å²) >= 11 is 10.2. The van der Waals surface area contributed by atoms with Gasteiger partial charge in [0.25, 0.3) is 0 Å². The second kappa shape index (κ2) is 15.8. The van der Waals surface area contributed by atoms with E-state index in [1.54, 1.807) is 30.3 Å². The molecule has 3 aromatic rings. The summed E-state index contributed by atoms with van der Waals surface area (Å²) < 4.78 is 6.33. The van der Waals surface area contributed by atoms with E-state index >= 15 is 0 Å². The lowest BCUT2D eigenvalue weighted by atomic mass is 9.90. The number of rotatable bonds is 15. The van der Waals surface area contributed by atoms with E-state index in [0.717, 1.165) is 53.9 Å². The number of phenolic OH excluding ortho intramolecular Hbond substituents is 1. The van der Waals surface area contributed by atoms with Crippen molar-refractivity contribution in [3.63, 3.8) is 0 Å². The molecule has 0 bridgehead atoms. The number of aromatic carboxylic acids is 1. The van der Waals surface area contributed by atoms with E-state index in [9.17, 15) is 19.8 Å². The number of fused-ring (bicyclic) bond motifs is 2. The quantitative estimate of drug-likeness (QED) is 0.0743. The van der Waals surface area contributed by atoms with E-state index in [-0.39, 0.29) is 28.6 Å². The summed E-state index contributed by atoms with van der Waals surface area (Å²) in [4.78, 5) is 27.3. The molecule has 0 aromatic heterocycles. The van der Waals surface area contributed by atoms with Gasteiger partial charge in [-0.3, -0.25) is 9.69 Å². The number of hydrogen-bond donors (Lipinski definition) is 3. The van der Waals surface area contributed by atoms with Gasteiger partial charge in [0, 0.05) is 66.0 Å². The lowest BCUT2D eigenvalue weighted by Crippen LogP contribution is -2.28. The molecule has 46 heavy (non-hydrogen) atoms. The van der Waals surface area contributed by atoms with Crippen LogP contribution in [0.25, 0.3) is 33.4 Å².